The van der Waals surface area contributed by atoms with E-state index < -0.39 is 18.2 Å². The number of amides is 1. The van der Waals surface area contributed by atoms with Crippen LogP contribution in [0.1, 0.15) is 55.4 Å². The van der Waals surface area contributed by atoms with Crippen molar-refractivity contribution in [2.45, 2.75) is 71.5 Å². The van der Waals surface area contributed by atoms with Crippen molar-refractivity contribution >= 4 is 33.7 Å². The summed E-state index contributed by atoms with van der Waals surface area (Å²) in [6.45, 7) is 7.37. The molecule has 4 heterocycles. The van der Waals surface area contributed by atoms with Crippen molar-refractivity contribution < 1.29 is 53.2 Å². The minimum Gasteiger partial charge on any atom is -0.550 e. The third-order valence-corrected chi connectivity index (χ3v) is 14.0. The number of nitrogens with one attached hydrogen (secondary N) is 1. The van der Waals surface area contributed by atoms with Crippen molar-refractivity contribution in [3.05, 3.63) is 217 Å². The van der Waals surface area contributed by atoms with E-state index in [1.165, 1.54) is 11.1 Å². The predicted octanol–water partition coefficient (Wildman–Crippen LogP) is 5.97. The molecule has 8 aromatic rings. The van der Waals surface area contributed by atoms with Crippen LogP contribution in [0, 0.1) is 11.8 Å². The topological polar surface area (TPSA) is 164 Å². The number of β-amino-alcohol motifs (C(OH)–C–C–N with tert-alkyl or cyclic N) is 2. The quantitative estimate of drug-likeness (QED) is 0.0769. The van der Waals surface area contributed by atoms with Crippen LogP contribution in [0.25, 0.3) is 21.8 Å². The number of ether oxygens (including phenoxy) is 2. The van der Waals surface area contributed by atoms with Gasteiger partial charge in [0.1, 0.15) is 36.9 Å². The van der Waals surface area contributed by atoms with Crippen molar-refractivity contribution in [3.63, 3.8) is 0 Å². The largest absolute Gasteiger partial charge is 1.00 e. The first-order valence-corrected chi connectivity index (χ1v) is 26.8. The van der Waals surface area contributed by atoms with Crippen LogP contribution in [0.15, 0.2) is 194 Å². The molecular formula is C65H75LiN6O7. The molecule has 13 nitrogen and oxygen atoms in total. The Labute approximate surface area is 478 Å². The summed E-state index contributed by atoms with van der Waals surface area (Å²) in [5, 5.41) is 37.0. The van der Waals surface area contributed by atoms with Gasteiger partial charge in [-0.1, -0.05) is 141 Å². The first kappa shape index (κ1) is 61.3. The van der Waals surface area contributed by atoms with Gasteiger partial charge in [0.05, 0.1) is 11.0 Å². The van der Waals surface area contributed by atoms with Gasteiger partial charge in [0.15, 0.2) is 0 Å². The van der Waals surface area contributed by atoms with Gasteiger partial charge in [0.2, 0.25) is 5.91 Å². The molecule has 10 rings (SSSR count). The van der Waals surface area contributed by atoms with Gasteiger partial charge in [-0.15, -0.1) is 0 Å². The van der Waals surface area contributed by atoms with Gasteiger partial charge >= 0.3 is 18.9 Å². The number of aromatic nitrogens is 2. The van der Waals surface area contributed by atoms with Crippen LogP contribution in [0.3, 0.4) is 0 Å². The fraction of sp³-hybridized carbons (Fsp3) is 0.323. The maximum Gasteiger partial charge on any atom is 1.00 e. The third-order valence-electron chi connectivity index (χ3n) is 14.0. The zero-order chi connectivity index (χ0) is 53.4. The number of nitrogens with zero attached hydrogens (tertiary/aromatic N) is 5. The molecule has 2 atom stereocenters. The summed E-state index contributed by atoms with van der Waals surface area (Å²) in [6.07, 6.45) is 4.99. The van der Waals surface area contributed by atoms with Gasteiger partial charge in [-0.05, 0) is 123 Å². The molecule has 3 N–H and O–H groups in total. The van der Waals surface area contributed by atoms with Crippen molar-refractivity contribution in [3.8, 4) is 11.5 Å². The Morgan fingerprint density at radius 1 is 0.532 bits per heavy atom. The number of benzene rings is 6. The second-order valence-corrected chi connectivity index (χ2v) is 19.8. The van der Waals surface area contributed by atoms with E-state index in [-0.39, 0.29) is 57.2 Å². The number of carbonyl (C=O) groups excluding carboxylic acids is 2. The summed E-state index contributed by atoms with van der Waals surface area (Å²) >= 11 is 0. The van der Waals surface area contributed by atoms with E-state index in [0.717, 1.165) is 77.7 Å². The van der Waals surface area contributed by atoms with Gasteiger partial charge in [-0.3, -0.25) is 14.8 Å². The van der Waals surface area contributed by atoms with Gasteiger partial charge in [-0.2, -0.15) is 0 Å². The third kappa shape index (κ3) is 19.7. The number of carboxylic acid groups (broad SMARTS) is 1. The van der Waals surface area contributed by atoms with Gasteiger partial charge in [-0.25, -0.2) is 0 Å². The first-order chi connectivity index (χ1) is 37.7. The molecule has 408 valence electrons. The van der Waals surface area contributed by atoms with Crippen LogP contribution in [0.4, 0.5) is 0 Å². The number of aliphatic hydroxyl groups is 2. The van der Waals surface area contributed by atoms with Gasteiger partial charge in [0.25, 0.3) is 0 Å². The van der Waals surface area contributed by atoms with Crippen LogP contribution in [0.5, 0.6) is 11.5 Å². The Balaban J connectivity index is 0.000000210. The van der Waals surface area contributed by atoms with E-state index in [9.17, 15) is 24.9 Å². The van der Waals surface area contributed by atoms with Crippen LogP contribution < -0.4 is 38.8 Å². The van der Waals surface area contributed by atoms with E-state index in [1.54, 1.807) is 12.4 Å². The maximum absolute atomic E-state index is 13.6. The number of aliphatic carboxylic acids is 1. The molecule has 2 aromatic heterocycles. The number of aliphatic hydroxyl groups excluding tert-OH is 2. The molecular weight excluding hydrogens is 984 g/mol. The average molecular weight is 1060 g/mol. The molecule has 2 aliphatic rings. The zero-order valence-electron chi connectivity index (χ0n) is 44.8. The maximum atomic E-state index is 13.6. The minimum atomic E-state index is -0.969. The van der Waals surface area contributed by atoms with Gasteiger partial charge in [0, 0.05) is 80.2 Å². The molecule has 2 saturated heterocycles. The van der Waals surface area contributed by atoms with Gasteiger partial charge < -0.3 is 49.6 Å². The smallest absolute Gasteiger partial charge is 0.550 e. The number of likely N-dealkylation sites (tertiary alicyclic amines) is 2. The fourth-order valence-electron chi connectivity index (χ4n) is 9.81. The number of pyridine rings is 2. The van der Waals surface area contributed by atoms with E-state index in [0.29, 0.717) is 57.9 Å². The molecule has 0 aliphatic carbocycles. The molecule has 1 unspecified atom stereocenters. The van der Waals surface area contributed by atoms with Crippen molar-refractivity contribution in [1.82, 2.24) is 30.0 Å². The molecule has 79 heavy (non-hydrogen) atoms. The van der Waals surface area contributed by atoms with E-state index in [2.05, 4.69) is 97.9 Å². The van der Waals surface area contributed by atoms with E-state index in [1.807, 2.05) is 114 Å². The molecule has 0 spiro atoms. The second-order valence-electron chi connectivity index (χ2n) is 19.8. The number of carboxylic acids is 1. The molecule has 14 heteroatoms. The Bertz CT molecular complexity index is 2910. The van der Waals surface area contributed by atoms with Crippen LogP contribution >= 0.6 is 0 Å². The number of piperidine rings is 2. The summed E-state index contributed by atoms with van der Waals surface area (Å²) in [5.74, 6) is 0.313. The van der Waals surface area contributed by atoms with Crippen molar-refractivity contribution in [1.29, 1.82) is 0 Å². The Hall–Kier alpha value is -6.92. The summed E-state index contributed by atoms with van der Waals surface area (Å²) in [7, 11) is 0. The monoisotopic (exact) mass is 1060 g/mol. The summed E-state index contributed by atoms with van der Waals surface area (Å²) in [6, 6.07) is 60.4. The Morgan fingerprint density at radius 3 is 1.30 bits per heavy atom. The number of carbonyl (C=O) groups is 2. The first-order valence-electron chi connectivity index (χ1n) is 26.8. The normalized spacial score (nSPS) is 14.7. The Kier molecular flexibility index (Phi) is 25.5. The summed E-state index contributed by atoms with van der Waals surface area (Å²) in [4.78, 5) is 39.4. The summed E-state index contributed by atoms with van der Waals surface area (Å²) < 4.78 is 11.7. The molecule has 1 amide bonds. The van der Waals surface area contributed by atoms with E-state index >= 15 is 0 Å². The number of hydrogen-bond acceptors (Lipinski definition) is 12. The molecule has 0 radical (unpaired) electrons. The SMILES string of the molecule is C.O=C(C1CCN(C[C@@H](O)COc2cccc3ncccc23)CC1)N(Cc1ccccc1)Cc1ccccc1.O=C([O-])C1CCN(CC(O)COc2cccc3ncccc23)CC1.[Li+].c1ccc(CNCc2ccccc2)cc1. The molecule has 6 aromatic carbocycles. The minimum absolute atomic E-state index is 0. The molecule has 0 bridgehead atoms. The number of fused-ring (bicyclic) bond motifs is 2. The zero-order valence-corrected chi connectivity index (χ0v) is 44.8. The molecule has 2 fully saturated rings. The predicted molar refractivity (Wildman–Crippen MR) is 307 cm³/mol. The molecule has 2 aliphatic heterocycles. The standard InChI is InChI=1S/C32H35N3O3.C18H22N2O4.C14H15N.CH4.Li/c36-28(24-38-31-15-7-14-30-29(31)13-8-18-33-30)23-34-19-16-27(17-20-34)32(37)35(21-25-9-3-1-4-10-25)22-26-11-5-2-6-12-26;21-14(11-20-9-6-13(7-10-20)18(22)23)12-24-17-5-1-4-16-15(17)3-2-8-19-16;1-3-7-13(8-4-1)11-15-12-14-9-5-2-6-10-14;;/h1-15,18,27-28,36H,16-17,19-24H2;1-5,8,13-14,21H,6-7,9-12H2,(H,22,23);1-10,15H,11-12H2;1H4;/q;;;;+1/p-1/t28-;;;;/m1..../s1. The number of rotatable bonds is 20. The second kappa shape index (κ2) is 32.9. The number of hydrogen-bond donors (Lipinski definition) is 3. The van der Waals surface area contributed by atoms with Crippen LogP contribution in [0.2, 0.25) is 0 Å². The summed E-state index contributed by atoms with van der Waals surface area (Å²) in [5.41, 5.74) is 6.66. The van der Waals surface area contributed by atoms with Crippen LogP contribution in [-0.4, -0.2) is 111 Å². The average Bonchev–Trinajstić information content (AvgIpc) is 3.47. The fourth-order valence-corrected chi connectivity index (χ4v) is 9.81. The van der Waals surface area contributed by atoms with Crippen molar-refractivity contribution in [2.24, 2.45) is 11.8 Å². The van der Waals surface area contributed by atoms with Crippen molar-refractivity contribution in [2.75, 3.05) is 52.5 Å². The Morgan fingerprint density at radius 2 is 0.911 bits per heavy atom. The molecule has 0 saturated carbocycles. The van der Waals surface area contributed by atoms with E-state index in [4.69, 9.17) is 9.47 Å². The van der Waals surface area contributed by atoms with Crippen LogP contribution in [-0.2, 0) is 35.8 Å².